The van der Waals surface area contributed by atoms with E-state index in [4.69, 9.17) is 14.2 Å². The maximum absolute atomic E-state index is 13.6. The van der Waals surface area contributed by atoms with E-state index >= 15 is 0 Å². The van der Waals surface area contributed by atoms with Crippen LogP contribution in [0.2, 0.25) is 0 Å². The van der Waals surface area contributed by atoms with E-state index in [-0.39, 0.29) is 23.0 Å². The van der Waals surface area contributed by atoms with Crippen molar-refractivity contribution in [1.29, 1.82) is 5.26 Å². The van der Waals surface area contributed by atoms with Gasteiger partial charge in [0.2, 0.25) is 0 Å². The summed E-state index contributed by atoms with van der Waals surface area (Å²) in [6.07, 6.45) is -0.0947. The Balaban J connectivity index is 1.94. The van der Waals surface area contributed by atoms with Gasteiger partial charge in [-0.05, 0) is 81.8 Å². The molecule has 200 valence electrons. The molecule has 3 aromatic carbocycles. The molecule has 0 bridgehead atoms. The molecule has 0 aromatic heterocycles. The summed E-state index contributed by atoms with van der Waals surface area (Å²) in [5, 5.41) is 20.8. The number of hydrogen-bond donors (Lipinski definition) is 1. The van der Waals surface area contributed by atoms with Crippen LogP contribution in [0.4, 0.5) is 5.69 Å². The normalized spacial score (nSPS) is 16.3. The lowest BCUT2D eigenvalue weighted by atomic mass is 9.94. The van der Waals surface area contributed by atoms with Crippen molar-refractivity contribution >= 4 is 23.1 Å². The molecule has 0 aliphatic carbocycles. The monoisotopic (exact) mass is 526 g/mol. The number of ketones is 1. The molecule has 1 saturated heterocycles. The van der Waals surface area contributed by atoms with Crippen molar-refractivity contribution in [3.05, 3.63) is 89.0 Å². The second-order valence-electron chi connectivity index (χ2n) is 9.09. The fraction of sp³-hybridized carbons (Fsp3) is 0.258. The summed E-state index contributed by atoms with van der Waals surface area (Å²) in [6.45, 7) is 8.22. The predicted molar refractivity (Wildman–Crippen MR) is 147 cm³/mol. The standard InChI is InChI=1S/C31H30N2O6/c1-5-37-23-14-15-25(26(17-23)38-6-2)29(34)27-28(21-8-7-9-24(16-21)39-19(3)4)33(31(36)30(27)35)22-12-10-20(18-32)11-13-22/h7-17,19,28,34H,5-6H2,1-4H3/b29-27+. The van der Waals surface area contributed by atoms with Gasteiger partial charge in [-0.1, -0.05) is 12.1 Å². The highest BCUT2D eigenvalue weighted by Gasteiger charge is 2.47. The fourth-order valence-electron chi connectivity index (χ4n) is 4.52. The number of nitriles is 1. The van der Waals surface area contributed by atoms with Crippen LogP contribution in [0, 0.1) is 11.3 Å². The molecule has 1 heterocycles. The second kappa shape index (κ2) is 11.7. The van der Waals surface area contributed by atoms with Crippen LogP contribution >= 0.6 is 0 Å². The van der Waals surface area contributed by atoms with Gasteiger partial charge in [-0.2, -0.15) is 5.26 Å². The van der Waals surface area contributed by atoms with Crippen LogP contribution < -0.4 is 19.1 Å². The molecule has 1 aliphatic rings. The number of benzene rings is 3. The first-order chi connectivity index (χ1) is 18.8. The van der Waals surface area contributed by atoms with Crippen molar-refractivity contribution in [2.45, 2.75) is 39.8 Å². The molecule has 3 aromatic rings. The number of ether oxygens (including phenoxy) is 3. The summed E-state index contributed by atoms with van der Waals surface area (Å²) in [4.78, 5) is 28.4. The van der Waals surface area contributed by atoms with Gasteiger partial charge in [0.15, 0.2) is 0 Å². The van der Waals surface area contributed by atoms with Crippen molar-refractivity contribution < 1.29 is 28.9 Å². The van der Waals surface area contributed by atoms with Gasteiger partial charge in [-0.25, -0.2) is 0 Å². The zero-order valence-electron chi connectivity index (χ0n) is 22.3. The SMILES string of the molecule is CCOc1ccc(/C(O)=C2\C(=O)C(=O)N(c3ccc(C#N)cc3)C2c2cccc(OC(C)C)c2)c(OCC)c1. The van der Waals surface area contributed by atoms with E-state index in [1.165, 1.54) is 4.90 Å². The van der Waals surface area contributed by atoms with E-state index in [2.05, 4.69) is 6.07 Å². The minimum absolute atomic E-state index is 0.0869. The van der Waals surface area contributed by atoms with Crippen LogP contribution in [-0.4, -0.2) is 36.1 Å². The number of aliphatic hydroxyl groups excluding tert-OH is 1. The topological polar surface area (TPSA) is 109 Å². The van der Waals surface area contributed by atoms with E-state index in [1.807, 2.05) is 20.8 Å². The predicted octanol–water partition coefficient (Wildman–Crippen LogP) is 5.77. The molecule has 8 nitrogen and oxygen atoms in total. The first-order valence-electron chi connectivity index (χ1n) is 12.8. The van der Waals surface area contributed by atoms with Crippen LogP contribution in [0.15, 0.2) is 72.3 Å². The molecule has 1 amide bonds. The smallest absolute Gasteiger partial charge is 0.300 e. The zero-order valence-corrected chi connectivity index (χ0v) is 22.3. The van der Waals surface area contributed by atoms with Gasteiger partial charge in [0.25, 0.3) is 11.7 Å². The van der Waals surface area contributed by atoms with Crippen LogP contribution in [0.5, 0.6) is 17.2 Å². The van der Waals surface area contributed by atoms with Crippen molar-refractivity contribution in [3.8, 4) is 23.3 Å². The Morgan fingerprint density at radius 3 is 2.33 bits per heavy atom. The average Bonchev–Trinajstić information content (AvgIpc) is 3.19. The molecule has 8 heteroatoms. The van der Waals surface area contributed by atoms with Gasteiger partial charge < -0.3 is 19.3 Å². The van der Waals surface area contributed by atoms with Crippen molar-refractivity contribution in [1.82, 2.24) is 0 Å². The van der Waals surface area contributed by atoms with E-state index in [9.17, 15) is 20.0 Å². The molecule has 1 aliphatic heterocycles. The number of Topliss-reactive ketones (excluding diaryl/α,β-unsaturated/α-hetero) is 1. The first-order valence-corrected chi connectivity index (χ1v) is 12.8. The summed E-state index contributed by atoms with van der Waals surface area (Å²) in [5.41, 5.74) is 1.57. The number of aliphatic hydroxyl groups is 1. The van der Waals surface area contributed by atoms with Crippen LogP contribution in [0.25, 0.3) is 5.76 Å². The first kappa shape index (κ1) is 27.3. The third-order valence-corrected chi connectivity index (χ3v) is 6.08. The number of carbonyl (C=O) groups is 2. The summed E-state index contributed by atoms with van der Waals surface area (Å²) in [6, 6.07) is 19.5. The Kier molecular flexibility index (Phi) is 8.21. The molecule has 39 heavy (non-hydrogen) atoms. The molecule has 1 N–H and O–H groups in total. The number of nitrogens with zero attached hydrogens (tertiary/aromatic N) is 2. The Morgan fingerprint density at radius 2 is 1.69 bits per heavy atom. The number of carbonyl (C=O) groups excluding carboxylic acids is 2. The lowest BCUT2D eigenvalue weighted by Crippen LogP contribution is -2.29. The summed E-state index contributed by atoms with van der Waals surface area (Å²) in [5.74, 6) is -0.578. The molecular weight excluding hydrogens is 496 g/mol. The van der Waals surface area contributed by atoms with Gasteiger partial charge in [-0.3, -0.25) is 14.5 Å². The maximum atomic E-state index is 13.6. The molecule has 1 unspecified atom stereocenters. The fourth-order valence-corrected chi connectivity index (χ4v) is 4.52. The largest absolute Gasteiger partial charge is 0.507 e. The second-order valence-corrected chi connectivity index (χ2v) is 9.09. The number of amides is 1. The lowest BCUT2D eigenvalue weighted by molar-refractivity contribution is -0.132. The highest BCUT2D eigenvalue weighted by molar-refractivity contribution is 6.51. The highest BCUT2D eigenvalue weighted by atomic mass is 16.5. The summed E-state index contributed by atoms with van der Waals surface area (Å²) in [7, 11) is 0. The number of anilines is 1. The lowest BCUT2D eigenvalue weighted by Gasteiger charge is -2.26. The Morgan fingerprint density at radius 1 is 0.974 bits per heavy atom. The minimum Gasteiger partial charge on any atom is -0.507 e. The highest BCUT2D eigenvalue weighted by Crippen LogP contribution is 2.44. The summed E-state index contributed by atoms with van der Waals surface area (Å²) >= 11 is 0. The van der Waals surface area contributed by atoms with Gasteiger partial charge >= 0.3 is 0 Å². The number of rotatable bonds is 9. The van der Waals surface area contributed by atoms with Gasteiger partial charge in [0, 0.05) is 11.8 Å². The maximum Gasteiger partial charge on any atom is 0.300 e. The van der Waals surface area contributed by atoms with Crippen molar-refractivity contribution in [2.24, 2.45) is 0 Å². The molecule has 1 fully saturated rings. The van der Waals surface area contributed by atoms with Gasteiger partial charge in [-0.15, -0.1) is 0 Å². The van der Waals surface area contributed by atoms with Crippen LogP contribution in [0.3, 0.4) is 0 Å². The van der Waals surface area contributed by atoms with E-state index in [1.54, 1.807) is 73.7 Å². The Labute approximate surface area is 227 Å². The van der Waals surface area contributed by atoms with E-state index < -0.39 is 17.7 Å². The Bertz CT molecular complexity index is 1450. The molecule has 4 rings (SSSR count). The van der Waals surface area contributed by atoms with E-state index in [0.717, 1.165) is 0 Å². The van der Waals surface area contributed by atoms with Crippen molar-refractivity contribution in [2.75, 3.05) is 18.1 Å². The molecule has 0 saturated carbocycles. The molecule has 0 radical (unpaired) electrons. The van der Waals surface area contributed by atoms with Crippen molar-refractivity contribution in [3.63, 3.8) is 0 Å². The van der Waals surface area contributed by atoms with E-state index in [0.29, 0.717) is 47.3 Å². The molecule has 1 atom stereocenters. The van der Waals surface area contributed by atoms with Crippen LogP contribution in [-0.2, 0) is 9.59 Å². The molecular formula is C31H30N2O6. The number of hydrogen-bond acceptors (Lipinski definition) is 7. The van der Waals surface area contributed by atoms with Gasteiger partial charge in [0.05, 0.1) is 48.1 Å². The average molecular weight is 527 g/mol. The quantitative estimate of drug-likeness (QED) is 0.214. The van der Waals surface area contributed by atoms with Crippen LogP contribution in [0.1, 0.15) is 50.4 Å². The third-order valence-electron chi connectivity index (χ3n) is 6.08. The zero-order chi connectivity index (χ0) is 28.1. The third kappa shape index (κ3) is 5.58. The van der Waals surface area contributed by atoms with Gasteiger partial charge in [0.1, 0.15) is 23.0 Å². The molecule has 0 spiro atoms. The minimum atomic E-state index is -0.963. The Hall–Kier alpha value is -4.77. The summed E-state index contributed by atoms with van der Waals surface area (Å²) < 4.78 is 17.2.